The van der Waals surface area contributed by atoms with Gasteiger partial charge in [-0.1, -0.05) is 57.9 Å². The average molecular weight is 455 g/mol. The van der Waals surface area contributed by atoms with E-state index in [-0.39, 0.29) is 17.4 Å². The van der Waals surface area contributed by atoms with Gasteiger partial charge in [-0.25, -0.2) is 0 Å². The minimum Gasteiger partial charge on any atom is -0.508 e. The molecule has 1 aromatic heterocycles. The van der Waals surface area contributed by atoms with E-state index in [0.717, 1.165) is 67.8 Å². The van der Waals surface area contributed by atoms with E-state index >= 15 is 0 Å². The molecule has 0 fully saturated rings. The normalized spacial score (nSPS) is 11.4. The summed E-state index contributed by atoms with van der Waals surface area (Å²) >= 11 is 0. The van der Waals surface area contributed by atoms with Crippen molar-refractivity contribution >= 4 is 22.6 Å². The third-order valence-electron chi connectivity index (χ3n) is 6.07. The molecule has 182 valence electrons. The lowest BCUT2D eigenvalue weighted by atomic mass is 10.1. The van der Waals surface area contributed by atoms with Gasteiger partial charge in [0, 0.05) is 36.5 Å². The largest absolute Gasteiger partial charge is 0.508 e. The molecule has 1 aromatic carbocycles. The molecule has 0 spiro atoms. The molecule has 0 saturated carbocycles. The van der Waals surface area contributed by atoms with E-state index in [1.165, 1.54) is 25.7 Å². The molecule has 5 heteroatoms. The van der Waals surface area contributed by atoms with Crippen LogP contribution < -0.4 is 5.32 Å². The van der Waals surface area contributed by atoms with Gasteiger partial charge in [-0.15, -0.1) is 0 Å². The number of allylic oxidation sites excluding steroid dienone is 2. The summed E-state index contributed by atoms with van der Waals surface area (Å²) in [4.78, 5) is 27.0. The van der Waals surface area contributed by atoms with E-state index in [9.17, 15) is 14.7 Å². The number of aromatic hydroxyl groups is 1. The lowest BCUT2D eigenvalue weighted by Crippen LogP contribution is -2.25. The highest BCUT2D eigenvalue weighted by Crippen LogP contribution is 2.23. The van der Waals surface area contributed by atoms with Gasteiger partial charge in [-0.05, 0) is 61.9 Å². The molecule has 0 unspecified atom stereocenters. The lowest BCUT2D eigenvalue weighted by Gasteiger charge is -2.05. The van der Waals surface area contributed by atoms with Gasteiger partial charge in [0.2, 0.25) is 5.91 Å². The van der Waals surface area contributed by atoms with Crippen LogP contribution in [-0.4, -0.2) is 28.3 Å². The summed E-state index contributed by atoms with van der Waals surface area (Å²) in [6.45, 7) is 2.80. The predicted octanol–water partition coefficient (Wildman–Crippen LogP) is 6.75. The fourth-order valence-electron chi connectivity index (χ4n) is 4.08. The first-order valence-corrected chi connectivity index (χ1v) is 12.8. The zero-order valence-corrected chi connectivity index (χ0v) is 20.3. The molecule has 0 aliphatic rings. The van der Waals surface area contributed by atoms with Crippen LogP contribution >= 0.6 is 0 Å². The van der Waals surface area contributed by atoms with Crippen LogP contribution in [0.4, 0.5) is 0 Å². The fraction of sp³-hybridized carbons (Fsp3) is 0.571. The van der Waals surface area contributed by atoms with Gasteiger partial charge >= 0.3 is 0 Å². The molecule has 33 heavy (non-hydrogen) atoms. The molecule has 1 heterocycles. The number of H-pyrrole nitrogens is 1. The number of unbranched alkanes of at least 4 members (excludes halogenated alkanes) is 9. The number of amides is 1. The first-order valence-electron chi connectivity index (χ1n) is 12.8. The highest BCUT2D eigenvalue weighted by molar-refractivity contribution is 5.89. The first kappa shape index (κ1) is 26.7. The molecule has 3 N–H and O–H groups in total. The quantitative estimate of drug-likeness (QED) is 0.172. The highest BCUT2D eigenvalue weighted by atomic mass is 16.3. The molecule has 2 rings (SSSR count). The number of ketones is 1. The van der Waals surface area contributed by atoms with Crippen LogP contribution in [0.25, 0.3) is 10.9 Å². The van der Waals surface area contributed by atoms with Crippen LogP contribution in [0.15, 0.2) is 36.5 Å². The van der Waals surface area contributed by atoms with Crippen LogP contribution in [0.5, 0.6) is 5.75 Å². The Morgan fingerprint density at radius 1 is 0.970 bits per heavy atom. The predicted molar refractivity (Wildman–Crippen MR) is 137 cm³/mol. The first-order chi connectivity index (χ1) is 16.1. The van der Waals surface area contributed by atoms with Crippen LogP contribution in [0, 0.1) is 0 Å². The van der Waals surface area contributed by atoms with E-state index in [0.29, 0.717) is 19.4 Å². The van der Waals surface area contributed by atoms with E-state index in [1.807, 2.05) is 18.3 Å². The van der Waals surface area contributed by atoms with Crippen LogP contribution in [-0.2, 0) is 16.0 Å². The topological polar surface area (TPSA) is 82.2 Å². The van der Waals surface area contributed by atoms with E-state index in [4.69, 9.17) is 0 Å². The fourth-order valence-corrected chi connectivity index (χ4v) is 4.08. The second kappa shape index (κ2) is 16.1. The van der Waals surface area contributed by atoms with Crippen LogP contribution in [0.3, 0.4) is 0 Å². The second-order valence-corrected chi connectivity index (χ2v) is 8.98. The number of aromatic nitrogens is 1. The number of fused-ring (bicyclic) bond motifs is 1. The Morgan fingerprint density at radius 2 is 1.70 bits per heavy atom. The minimum atomic E-state index is 0.105. The van der Waals surface area contributed by atoms with Gasteiger partial charge in [-0.2, -0.15) is 0 Å². The Morgan fingerprint density at radius 3 is 2.52 bits per heavy atom. The summed E-state index contributed by atoms with van der Waals surface area (Å²) in [6.07, 6.45) is 20.0. The molecule has 0 saturated heterocycles. The maximum absolute atomic E-state index is 12.1. The molecule has 0 aliphatic heterocycles. The number of hydrogen-bond acceptors (Lipinski definition) is 3. The SMILES string of the molecule is CCCCCCCC(=O)/C=C/CCCCCCCC(=O)NCCc1c[nH]c2ccc(O)cc12. The van der Waals surface area contributed by atoms with Crippen LogP contribution in [0.1, 0.15) is 96.0 Å². The van der Waals surface area contributed by atoms with Crippen molar-refractivity contribution in [1.82, 2.24) is 10.3 Å². The number of benzene rings is 1. The van der Waals surface area contributed by atoms with Crippen molar-refractivity contribution in [2.45, 2.75) is 96.8 Å². The Bertz CT molecular complexity index is 869. The van der Waals surface area contributed by atoms with E-state index < -0.39 is 0 Å². The average Bonchev–Trinajstić information content (AvgIpc) is 3.19. The molecule has 0 radical (unpaired) electrons. The molecular formula is C28H42N2O3. The van der Waals surface area contributed by atoms with Gasteiger partial charge in [0.1, 0.15) is 5.75 Å². The minimum absolute atomic E-state index is 0.105. The zero-order chi connectivity index (χ0) is 23.7. The maximum atomic E-state index is 12.1. The summed E-state index contributed by atoms with van der Waals surface area (Å²) in [5.74, 6) is 0.624. The number of nitrogens with one attached hydrogen (secondary N) is 2. The van der Waals surface area contributed by atoms with Crippen LogP contribution in [0.2, 0.25) is 0 Å². The zero-order valence-electron chi connectivity index (χ0n) is 20.3. The molecule has 2 aromatic rings. The van der Waals surface area contributed by atoms with Crippen molar-refractivity contribution in [1.29, 1.82) is 0 Å². The Kier molecular flexibility index (Phi) is 13.0. The van der Waals surface area contributed by atoms with Gasteiger partial charge in [0.05, 0.1) is 0 Å². The third kappa shape index (κ3) is 11.2. The smallest absolute Gasteiger partial charge is 0.220 e. The number of phenolic OH excluding ortho intramolecular Hbond substituents is 1. The Hall–Kier alpha value is -2.56. The molecule has 5 nitrogen and oxygen atoms in total. The van der Waals surface area contributed by atoms with Crippen molar-refractivity contribution in [2.24, 2.45) is 0 Å². The standard InChI is InChI=1S/C28H42N2O3/c1-2-3-4-8-11-14-24(31)15-12-9-6-5-7-10-13-16-28(33)29-20-19-23-22-30-27-18-17-25(32)21-26(23)27/h12,15,17-18,21-22,30,32H,2-11,13-14,16,19-20H2,1H3,(H,29,33)/b15-12+. The number of rotatable bonds is 18. The molecule has 0 bridgehead atoms. The van der Waals surface area contributed by atoms with Crippen molar-refractivity contribution in [3.8, 4) is 5.75 Å². The van der Waals surface area contributed by atoms with Crippen molar-refractivity contribution in [3.05, 3.63) is 42.1 Å². The number of phenols is 1. The van der Waals surface area contributed by atoms with Gasteiger partial charge < -0.3 is 15.4 Å². The molecule has 0 aliphatic carbocycles. The molecule has 0 atom stereocenters. The monoisotopic (exact) mass is 454 g/mol. The van der Waals surface area contributed by atoms with E-state index in [2.05, 4.69) is 17.2 Å². The summed E-state index contributed by atoms with van der Waals surface area (Å²) in [5, 5.41) is 13.7. The summed E-state index contributed by atoms with van der Waals surface area (Å²) in [7, 11) is 0. The number of carbonyl (C=O) groups excluding carboxylic acids is 2. The van der Waals surface area contributed by atoms with E-state index in [1.54, 1.807) is 18.2 Å². The maximum Gasteiger partial charge on any atom is 0.220 e. The Balaban J connectivity index is 1.43. The van der Waals surface area contributed by atoms with Gasteiger partial charge in [0.15, 0.2) is 5.78 Å². The van der Waals surface area contributed by atoms with Crippen molar-refractivity contribution in [3.63, 3.8) is 0 Å². The summed E-state index contributed by atoms with van der Waals surface area (Å²) in [5.41, 5.74) is 2.10. The summed E-state index contributed by atoms with van der Waals surface area (Å²) in [6, 6.07) is 5.28. The van der Waals surface area contributed by atoms with Crippen molar-refractivity contribution in [2.75, 3.05) is 6.54 Å². The third-order valence-corrected chi connectivity index (χ3v) is 6.07. The summed E-state index contributed by atoms with van der Waals surface area (Å²) < 4.78 is 0. The number of hydrogen-bond donors (Lipinski definition) is 3. The molecule has 1 amide bonds. The van der Waals surface area contributed by atoms with Gasteiger partial charge in [0.25, 0.3) is 0 Å². The molecular weight excluding hydrogens is 412 g/mol. The van der Waals surface area contributed by atoms with Gasteiger partial charge in [-0.3, -0.25) is 9.59 Å². The lowest BCUT2D eigenvalue weighted by molar-refractivity contribution is -0.121. The highest BCUT2D eigenvalue weighted by Gasteiger charge is 2.06. The van der Waals surface area contributed by atoms with Crippen molar-refractivity contribution < 1.29 is 14.7 Å². The number of carbonyl (C=O) groups is 2. The second-order valence-electron chi connectivity index (χ2n) is 8.98. The number of aromatic amines is 1. The Labute approximate surface area is 199 Å².